The summed E-state index contributed by atoms with van der Waals surface area (Å²) in [6.45, 7) is 2.22. The molecule has 0 radical (unpaired) electrons. The van der Waals surface area contributed by atoms with Crippen LogP contribution in [-0.4, -0.2) is 29.9 Å². The third kappa shape index (κ3) is 4.95. The van der Waals surface area contributed by atoms with E-state index in [0.717, 1.165) is 12.1 Å². The Balaban J connectivity index is 1.75. The molecule has 3 aromatic carbocycles. The smallest absolute Gasteiger partial charge is 0.293 e. The first-order chi connectivity index (χ1) is 15.8. The minimum atomic E-state index is -0.784. The van der Waals surface area contributed by atoms with Crippen molar-refractivity contribution in [3.63, 3.8) is 0 Å². The largest absolute Gasteiger partial charge is 0.476 e. The van der Waals surface area contributed by atoms with Crippen LogP contribution in [0.5, 0.6) is 0 Å². The summed E-state index contributed by atoms with van der Waals surface area (Å²) in [6, 6.07) is 12.3. The molecule has 0 atom stereocenters. The summed E-state index contributed by atoms with van der Waals surface area (Å²) in [4.78, 5) is 26.9. The summed E-state index contributed by atoms with van der Waals surface area (Å²) in [5.74, 6) is -1.52. The average Bonchev–Trinajstić information content (AvgIpc) is 3.28. The highest BCUT2D eigenvalue weighted by molar-refractivity contribution is 5.97. The molecule has 33 heavy (non-hydrogen) atoms. The van der Waals surface area contributed by atoms with Gasteiger partial charge in [0.15, 0.2) is 0 Å². The van der Waals surface area contributed by atoms with Gasteiger partial charge in [0, 0.05) is 41.6 Å². The van der Waals surface area contributed by atoms with Crippen molar-refractivity contribution in [2.24, 2.45) is 4.99 Å². The quantitative estimate of drug-likeness (QED) is 0.404. The van der Waals surface area contributed by atoms with Crippen LogP contribution in [0.3, 0.4) is 0 Å². The van der Waals surface area contributed by atoms with Gasteiger partial charge in [-0.05, 0) is 48.0 Å². The van der Waals surface area contributed by atoms with E-state index in [1.54, 1.807) is 18.2 Å². The number of amides is 1. The Morgan fingerprint density at radius 3 is 2.52 bits per heavy atom. The van der Waals surface area contributed by atoms with Gasteiger partial charge in [0.2, 0.25) is 11.8 Å². The maximum Gasteiger partial charge on any atom is 0.293 e. The number of aliphatic imine (C=N–C) groups is 1. The highest BCUT2D eigenvalue weighted by Gasteiger charge is 2.20. The first-order valence-electron chi connectivity index (χ1n) is 9.91. The van der Waals surface area contributed by atoms with Crippen LogP contribution in [0.15, 0.2) is 59.6 Å². The van der Waals surface area contributed by atoms with Gasteiger partial charge in [-0.3, -0.25) is 14.9 Å². The third-order valence-corrected chi connectivity index (χ3v) is 4.80. The van der Waals surface area contributed by atoms with E-state index in [2.05, 4.69) is 15.6 Å². The average molecular weight is 452 g/mol. The molecule has 0 unspecified atom stereocenters. The van der Waals surface area contributed by atoms with Crippen LogP contribution in [0, 0.1) is 21.7 Å². The molecule has 2 N–H and O–H groups in total. The summed E-state index contributed by atoms with van der Waals surface area (Å²) >= 11 is 0. The van der Waals surface area contributed by atoms with Gasteiger partial charge in [0.05, 0.1) is 11.5 Å². The van der Waals surface area contributed by atoms with Gasteiger partial charge in [-0.15, -0.1) is 0 Å². The van der Waals surface area contributed by atoms with Crippen LogP contribution < -0.4 is 10.6 Å². The number of nitro groups is 1. The molecule has 1 aliphatic heterocycles. The molecule has 168 valence electrons. The van der Waals surface area contributed by atoms with E-state index in [1.807, 2.05) is 0 Å². The van der Waals surface area contributed by atoms with E-state index >= 15 is 0 Å². The van der Waals surface area contributed by atoms with Crippen molar-refractivity contribution >= 4 is 34.6 Å². The van der Waals surface area contributed by atoms with Gasteiger partial charge in [0.1, 0.15) is 23.9 Å². The van der Waals surface area contributed by atoms with Crippen molar-refractivity contribution in [2.45, 2.75) is 6.92 Å². The lowest BCUT2D eigenvalue weighted by molar-refractivity contribution is -0.383. The number of carbonyl (C=O) groups excluding carboxylic acids is 1. The molecule has 8 nitrogen and oxygen atoms in total. The number of nitrogens with one attached hydrogen (secondary N) is 2. The van der Waals surface area contributed by atoms with E-state index in [0.29, 0.717) is 41.6 Å². The number of hydrogen-bond donors (Lipinski definition) is 2. The Hall–Kier alpha value is -4.34. The van der Waals surface area contributed by atoms with Gasteiger partial charge in [-0.25, -0.2) is 13.8 Å². The fourth-order valence-corrected chi connectivity index (χ4v) is 3.44. The Morgan fingerprint density at radius 2 is 1.85 bits per heavy atom. The van der Waals surface area contributed by atoms with Gasteiger partial charge in [-0.1, -0.05) is 0 Å². The van der Waals surface area contributed by atoms with Crippen molar-refractivity contribution in [2.75, 3.05) is 23.8 Å². The van der Waals surface area contributed by atoms with Crippen LogP contribution in [0.2, 0.25) is 0 Å². The lowest BCUT2D eigenvalue weighted by Gasteiger charge is -2.14. The van der Waals surface area contributed by atoms with Crippen molar-refractivity contribution in [3.05, 3.63) is 81.9 Å². The van der Waals surface area contributed by atoms with Crippen molar-refractivity contribution < 1.29 is 23.2 Å². The summed E-state index contributed by atoms with van der Waals surface area (Å²) in [5, 5.41) is 17.3. The minimum Gasteiger partial charge on any atom is -0.476 e. The molecule has 1 heterocycles. The topological polar surface area (TPSA) is 106 Å². The molecule has 1 aliphatic rings. The van der Waals surface area contributed by atoms with E-state index in [1.165, 1.54) is 31.2 Å². The summed E-state index contributed by atoms with van der Waals surface area (Å²) in [7, 11) is 0. The second-order valence-electron chi connectivity index (χ2n) is 7.25. The fraction of sp³-hybridized carbons (Fsp3) is 0.130. The normalized spacial score (nSPS) is 12.6. The fourth-order valence-electron chi connectivity index (χ4n) is 3.44. The predicted octanol–water partition coefficient (Wildman–Crippen LogP) is 5.02. The molecular weight excluding hydrogens is 434 g/mol. The molecule has 0 saturated heterocycles. The number of nitro benzene ring substituents is 1. The maximum absolute atomic E-state index is 14.4. The Kier molecular flexibility index (Phi) is 5.99. The van der Waals surface area contributed by atoms with Crippen molar-refractivity contribution in [1.29, 1.82) is 0 Å². The molecule has 10 heteroatoms. The standard InChI is InChI=1S/C23H18F2N4O4/c1-13(30)27-17-8-15(19-4-3-16(24)11-20(19)25)9-18(12-17)28-21-5-2-14(10-22(21)29(31)32)23-26-6-7-33-23/h2-5,8-12,28H,6-7H2,1H3,(H,27,30). The zero-order chi connectivity index (χ0) is 23.5. The maximum atomic E-state index is 14.4. The molecule has 0 aromatic heterocycles. The summed E-state index contributed by atoms with van der Waals surface area (Å²) in [6.07, 6.45) is 0. The van der Waals surface area contributed by atoms with Crippen LogP contribution in [0.4, 0.5) is 31.5 Å². The Morgan fingerprint density at radius 1 is 1.06 bits per heavy atom. The highest BCUT2D eigenvalue weighted by atomic mass is 19.1. The molecule has 0 saturated carbocycles. The number of benzene rings is 3. The van der Waals surface area contributed by atoms with E-state index in [4.69, 9.17) is 4.74 Å². The zero-order valence-corrected chi connectivity index (χ0v) is 17.4. The van der Waals surface area contributed by atoms with Gasteiger partial charge in [-0.2, -0.15) is 0 Å². The zero-order valence-electron chi connectivity index (χ0n) is 17.4. The van der Waals surface area contributed by atoms with E-state index in [9.17, 15) is 23.7 Å². The number of carbonyl (C=O) groups is 1. The van der Waals surface area contributed by atoms with Gasteiger partial charge in [0.25, 0.3) is 5.69 Å². The number of ether oxygens (including phenoxy) is 1. The summed E-state index contributed by atoms with van der Waals surface area (Å²) < 4.78 is 33.1. The Labute approximate surface area is 187 Å². The van der Waals surface area contributed by atoms with Crippen LogP contribution in [0.1, 0.15) is 12.5 Å². The van der Waals surface area contributed by atoms with Crippen molar-refractivity contribution in [3.8, 4) is 11.1 Å². The SMILES string of the molecule is CC(=O)Nc1cc(Nc2ccc(C3=NCCO3)cc2[N+](=O)[O-])cc(-c2ccc(F)cc2F)c1. The number of anilines is 3. The number of rotatable bonds is 6. The third-order valence-electron chi connectivity index (χ3n) is 4.80. The first-order valence-corrected chi connectivity index (χ1v) is 9.91. The molecule has 1 amide bonds. The first kappa shape index (κ1) is 21.9. The molecular formula is C23H18F2N4O4. The number of nitrogens with zero attached hydrogens (tertiary/aromatic N) is 2. The lowest BCUT2D eigenvalue weighted by Crippen LogP contribution is -2.07. The van der Waals surface area contributed by atoms with E-state index in [-0.39, 0.29) is 22.8 Å². The van der Waals surface area contributed by atoms with Crippen molar-refractivity contribution in [1.82, 2.24) is 0 Å². The molecule has 3 aromatic rings. The van der Waals surface area contributed by atoms with Crippen LogP contribution in [-0.2, 0) is 9.53 Å². The molecule has 4 rings (SSSR count). The number of hydrogen-bond acceptors (Lipinski definition) is 6. The van der Waals surface area contributed by atoms with Crippen LogP contribution >= 0.6 is 0 Å². The molecule has 0 bridgehead atoms. The van der Waals surface area contributed by atoms with Crippen LogP contribution in [0.25, 0.3) is 11.1 Å². The molecule has 0 fully saturated rings. The number of halogens is 2. The van der Waals surface area contributed by atoms with Gasteiger partial charge >= 0.3 is 0 Å². The lowest BCUT2D eigenvalue weighted by atomic mass is 10.0. The molecule has 0 spiro atoms. The molecule has 0 aliphatic carbocycles. The second-order valence-corrected chi connectivity index (χ2v) is 7.25. The van der Waals surface area contributed by atoms with E-state index < -0.39 is 16.6 Å². The summed E-state index contributed by atoms with van der Waals surface area (Å²) in [5.41, 5.74) is 1.57. The highest BCUT2D eigenvalue weighted by Crippen LogP contribution is 2.34. The Bertz CT molecular complexity index is 1290. The minimum absolute atomic E-state index is 0.105. The monoisotopic (exact) mass is 452 g/mol. The second kappa shape index (κ2) is 9.03. The van der Waals surface area contributed by atoms with Gasteiger partial charge < -0.3 is 15.4 Å². The predicted molar refractivity (Wildman–Crippen MR) is 120 cm³/mol.